The maximum atomic E-state index is 12.4. The van der Waals surface area contributed by atoms with Gasteiger partial charge in [0, 0.05) is 11.7 Å². The molecule has 2 N–H and O–H groups in total. The van der Waals surface area contributed by atoms with Gasteiger partial charge in [-0.2, -0.15) is 0 Å². The second kappa shape index (κ2) is 9.29. The first-order chi connectivity index (χ1) is 13.1. The fourth-order valence-corrected chi connectivity index (χ4v) is 3.62. The minimum atomic E-state index is -4.83. The van der Waals surface area contributed by atoms with Crippen LogP contribution in [-0.2, 0) is 16.4 Å². The summed E-state index contributed by atoms with van der Waals surface area (Å²) < 4.78 is 67.5. The molecule has 0 amide bonds. The highest BCUT2D eigenvalue weighted by Gasteiger charge is 2.31. The molecule has 0 aromatic heterocycles. The number of nitrogens with one attached hydrogen (secondary N) is 2. The summed E-state index contributed by atoms with van der Waals surface area (Å²) >= 11 is 0. The van der Waals surface area contributed by atoms with E-state index in [4.69, 9.17) is 0 Å². The molecule has 0 fully saturated rings. The second-order valence-electron chi connectivity index (χ2n) is 6.38. The van der Waals surface area contributed by atoms with Crippen molar-refractivity contribution in [1.29, 1.82) is 0 Å². The van der Waals surface area contributed by atoms with E-state index >= 15 is 0 Å². The molecule has 0 heterocycles. The topological polar surface area (TPSA) is 67.4 Å². The lowest BCUT2D eigenvalue weighted by Crippen LogP contribution is -2.28. The molecule has 0 aliphatic carbocycles. The van der Waals surface area contributed by atoms with Crippen LogP contribution in [0.5, 0.6) is 5.75 Å². The molecule has 28 heavy (non-hydrogen) atoms. The summed E-state index contributed by atoms with van der Waals surface area (Å²) in [4.78, 5) is -0.163. The Labute approximate surface area is 163 Å². The number of ether oxygens (including phenoxy) is 1. The van der Waals surface area contributed by atoms with Gasteiger partial charge in [0.1, 0.15) is 5.75 Å². The number of anilines is 1. The normalized spacial score (nSPS) is 13.2. The molecule has 0 saturated heterocycles. The number of alkyl halides is 3. The molecule has 2 aromatic carbocycles. The maximum Gasteiger partial charge on any atom is 0.573 e. The molecule has 2 rings (SSSR count). The number of hydrogen-bond acceptors (Lipinski definition) is 4. The van der Waals surface area contributed by atoms with Crippen LogP contribution in [0.15, 0.2) is 53.4 Å². The van der Waals surface area contributed by atoms with Crippen molar-refractivity contribution < 1.29 is 26.3 Å². The summed E-state index contributed by atoms with van der Waals surface area (Å²) in [5, 5.41) is 3.38. The Kier molecular flexibility index (Phi) is 7.31. The summed E-state index contributed by atoms with van der Waals surface area (Å²) in [6, 6.07) is 11.3. The number of benzene rings is 2. The minimum Gasteiger partial charge on any atom is -0.406 e. The van der Waals surface area contributed by atoms with E-state index in [0.717, 1.165) is 49.2 Å². The molecule has 0 unspecified atom stereocenters. The van der Waals surface area contributed by atoms with Crippen molar-refractivity contribution in [2.45, 2.75) is 44.0 Å². The molecule has 1 atom stereocenters. The highest BCUT2D eigenvalue weighted by Crippen LogP contribution is 2.25. The summed E-state index contributed by atoms with van der Waals surface area (Å²) in [6.45, 7) is 5.11. The summed E-state index contributed by atoms with van der Waals surface area (Å²) in [7, 11) is -3.92. The molecular weight excluding hydrogens is 393 g/mol. The van der Waals surface area contributed by atoms with Gasteiger partial charge in [-0.1, -0.05) is 19.1 Å². The van der Waals surface area contributed by atoms with Crippen molar-refractivity contribution in [3.8, 4) is 5.75 Å². The fraction of sp³-hybridized carbons (Fsp3) is 0.368. The Morgan fingerprint density at radius 1 is 1.04 bits per heavy atom. The zero-order chi connectivity index (χ0) is 20.8. The molecule has 154 valence electrons. The fourth-order valence-electron chi connectivity index (χ4n) is 2.56. The van der Waals surface area contributed by atoms with Crippen LogP contribution in [0.2, 0.25) is 0 Å². The van der Waals surface area contributed by atoms with Gasteiger partial charge in [0.05, 0.1) is 4.90 Å². The van der Waals surface area contributed by atoms with Crippen LogP contribution in [0.4, 0.5) is 18.9 Å². The molecule has 0 radical (unpaired) electrons. The summed E-state index contributed by atoms with van der Waals surface area (Å²) in [5.74, 6) is -0.485. The van der Waals surface area contributed by atoms with Gasteiger partial charge >= 0.3 is 6.36 Å². The number of sulfonamides is 1. The smallest absolute Gasteiger partial charge is 0.406 e. The zero-order valence-corrected chi connectivity index (χ0v) is 16.4. The van der Waals surface area contributed by atoms with Crippen LogP contribution >= 0.6 is 0 Å². The zero-order valence-electron chi connectivity index (χ0n) is 15.6. The molecule has 2 aromatic rings. The quantitative estimate of drug-likeness (QED) is 0.639. The Bertz CT molecular complexity index is 851. The van der Waals surface area contributed by atoms with Crippen molar-refractivity contribution in [2.75, 3.05) is 11.3 Å². The van der Waals surface area contributed by atoms with Gasteiger partial charge in [0.2, 0.25) is 0 Å². The van der Waals surface area contributed by atoms with E-state index in [-0.39, 0.29) is 4.90 Å². The number of rotatable bonds is 9. The van der Waals surface area contributed by atoms with E-state index in [2.05, 4.69) is 28.6 Å². The monoisotopic (exact) mass is 416 g/mol. The Morgan fingerprint density at radius 3 is 2.18 bits per heavy atom. The predicted molar refractivity (Wildman–Crippen MR) is 102 cm³/mol. The molecule has 0 spiro atoms. The van der Waals surface area contributed by atoms with E-state index in [1.807, 2.05) is 12.1 Å². The van der Waals surface area contributed by atoms with Gasteiger partial charge < -0.3 is 10.1 Å². The van der Waals surface area contributed by atoms with Crippen molar-refractivity contribution in [3.05, 3.63) is 54.1 Å². The Hall–Kier alpha value is -2.26. The Balaban J connectivity index is 2.01. The van der Waals surface area contributed by atoms with E-state index in [1.165, 1.54) is 0 Å². The molecule has 0 aliphatic rings. The molecule has 0 aliphatic heterocycles. The maximum absolute atomic E-state index is 12.4. The summed E-state index contributed by atoms with van der Waals surface area (Å²) in [5.41, 5.74) is 1.43. The van der Waals surface area contributed by atoms with Gasteiger partial charge in [0.25, 0.3) is 10.0 Å². The Morgan fingerprint density at radius 2 is 1.64 bits per heavy atom. The lowest BCUT2D eigenvalue weighted by Gasteiger charge is -2.14. The highest BCUT2D eigenvalue weighted by atomic mass is 32.2. The standard InChI is InChI=1S/C19H23F3N2O3S/c1-3-12-23-14(2)13-15-4-6-16(7-5-15)24-28(25,26)18-10-8-17(9-11-18)27-19(20,21)22/h4-11,14,23-24H,3,12-13H2,1-2H3/t14-/m1/s1. The van der Waals surface area contributed by atoms with Gasteiger partial charge in [-0.3, -0.25) is 4.72 Å². The van der Waals surface area contributed by atoms with E-state index in [1.54, 1.807) is 12.1 Å². The molecule has 0 saturated carbocycles. The van der Waals surface area contributed by atoms with E-state index in [0.29, 0.717) is 11.7 Å². The van der Waals surface area contributed by atoms with Crippen molar-refractivity contribution in [1.82, 2.24) is 5.32 Å². The second-order valence-corrected chi connectivity index (χ2v) is 8.06. The molecule has 5 nitrogen and oxygen atoms in total. The first-order valence-corrected chi connectivity index (χ1v) is 10.3. The van der Waals surface area contributed by atoms with Crippen LogP contribution in [0.1, 0.15) is 25.8 Å². The minimum absolute atomic E-state index is 0.163. The largest absolute Gasteiger partial charge is 0.573 e. The van der Waals surface area contributed by atoms with Crippen molar-refractivity contribution in [3.63, 3.8) is 0 Å². The molecule has 9 heteroatoms. The summed E-state index contributed by atoms with van der Waals surface area (Å²) in [6.07, 6.45) is -2.97. The van der Waals surface area contributed by atoms with Crippen LogP contribution in [0.3, 0.4) is 0 Å². The first kappa shape index (κ1) is 22.0. The van der Waals surface area contributed by atoms with E-state index < -0.39 is 22.1 Å². The number of halogens is 3. The molecular formula is C19H23F3N2O3S. The highest BCUT2D eigenvalue weighted by molar-refractivity contribution is 7.92. The average molecular weight is 416 g/mol. The van der Waals surface area contributed by atoms with Crippen LogP contribution in [-0.4, -0.2) is 27.4 Å². The lowest BCUT2D eigenvalue weighted by molar-refractivity contribution is -0.274. The van der Waals surface area contributed by atoms with Gasteiger partial charge in [-0.15, -0.1) is 13.2 Å². The lowest BCUT2D eigenvalue weighted by atomic mass is 10.1. The first-order valence-electron chi connectivity index (χ1n) is 8.80. The van der Waals surface area contributed by atoms with Crippen molar-refractivity contribution >= 4 is 15.7 Å². The van der Waals surface area contributed by atoms with Gasteiger partial charge in [-0.05, 0) is 68.3 Å². The van der Waals surface area contributed by atoms with Crippen LogP contribution in [0.25, 0.3) is 0 Å². The third-order valence-electron chi connectivity index (χ3n) is 3.86. The third kappa shape index (κ3) is 7.05. The van der Waals surface area contributed by atoms with Gasteiger partial charge in [-0.25, -0.2) is 8.42 Å². The van der Waals surface area contributed by atoms with Crippen LogP contribution in [0, 0.1) is 0 Å². The molecule has 0 bridgehead atoms. The van der Waals surface area contributed by atoms with E-state index in [9.17, 15) is 21.6 Å². The number of hydrogen-bond donors (Lipinski definition) is 2. The SMILES string of the molecule is CCCN[C@H](C)Cc1ccc(NS(=O)(=O)c2ccc(OC(F)(F)F)cc2)cc1. The van der Waals surface area contributed by atoms with Crippen LogP contribution < -0.4 is 14.8 Å². The van der Waals surface area contributed by atoms with Gasteiger partial charge in [0.15, 0.2) is 0 Å². The third-order valence-corrected chi connectivity index (χ3v) is 5.26. The predicted octanol–water partition coefficient (Wildman–Crippen LogP) is 4.32. The van der Waals surface area contributed by atoms with Crippen molar-refractivity contribution in [2.24, 2.45) is 0 Å². The average Bonchev–Trinajstić information content (AvgIpc) is 2.60.